The highest BCUT2D eigenvalue weighted by Gasteiger charge is 2.50. The van der Waals surface area contributed by atoms with E-state index in [0.717, 1.165) is 12.8 Å². The van der Waals surface area contributed by atoms with E-state index in [1.165, 1.54) is 24.2 Å². The van der Waals surface area contributed by atoms with E-state index in [2.05, 4.69) is 4.90 Å². The van der Waals surface area contributed by atoms with Gasteiger partial charge in [-0.3, -0.25) is 9.69 Å². The molecule has 0 saturated heterocycles. The maximum Gasteiger partial charge on any atom is 0.343 e. The van der Waals surface area contributed by atoms with Crippen molar-refractivity contribution in [3.8, 4) is 0 Å². The fourth-order valence-corrected chi connectivity index (χ4v) is 5.59. The van der Waals surface area contributed by atoms with Crippen molar-refractivity contribution in [2.75, 3.05) is 27.2 Å². The maximum atomic E-state index is 13.9. The van der Waals surface area contributed by atoms with E-state index in [4.69, 9.17) is 38.7 Å². The molecule has 2 amide bonds. The van der Waals surface area contributed by atoms with Gasteiger partial charge in [-0.05, 0) is 38.9 Å². The van der Waals surface area contributed by atoms with Crippen LogP contribution in [0.4, 0.5) is 0 Å². The van der Waals surface area contributed by atoms with Gasteiger partial charge < -0.3 is 15.4 Å². The zero-order valence-corrected chi connectivity index (χ0v) is 25.5. The second-order valence-corrected chi connectivity index (χ2v) is 10.6. The third kappa shape index (κ3) is 6.88. The Balaban J connectivity index is 0.00000267. The van der Waals surface area contributed by atoms with Crippen molar-refractivity contribution in [2.45, 2.75) is 51.7 Å². The molecule has 0 bridgehead atoms. The third-order valence-corrected chi connectivity index (χ3v) is 7.96. The lowest BCUT2D eigenvalue weighted by Gasteiger charge is -2.35. The number of amides is 2. The summed E-state index contributed by atoms with van der Waals surface area (Å²) in [5.74, 6) is 0.355. The van der Waals surface area contributed by atoms with Crippen LogP contribution in [0, 0.1) is 0 Å². The van der Waals surface area contributed by atoms with E-state index in [-0.39, 0.29) is 60.8 Å². The van der Waals surface area contributed by atoms with Gasteiger partial charge in [0.25, 0.3) is 5.84 Å². The Labute approximate surface area is 252 Å². The quantitative estimate of drug-likeness (QED) is 0.394. The van der Waals surface area contributed by atoms with Crippen molar-refractivity contribution in [1.82, 2.24) is 9.80 Å². The molecule has 1 unspecified atom stereocenters. The van der Waals surface area contributed by atoms with Crippen LogP contribution in [0.3, 0.4) is 0 Å². The first-order valence-electron chi connectivity index (χ1n) is 12.5. The molecule has 1 atom stereocenters. The number of hydrogen-bond donors (Lipinski definition) is 1. The number of carbonyl (C=O) groups excluding carboxylic acids is 2. The van der Waals surface area contributed by atoms with Crippen molar-refractivity contribution in [3.05, 3.63) is 69.4 Å². The van der Waals surface area contributed by atoms with Crippen molar-refractivity contribution in [1.29, 1.82) is 0 Å². The Hall–Kier alpha value is -1.91. The summed E-state index contributed by atoms with van der Waals surface area (Å²) < 4.78 is 6.08. The Kier molecular flexibility index (Phi) is 12.1. The highest BCUT2D eigenvalue weighted by atomic mass is 35.5. The van der Waals surface area contributed by atoms with Gasteiger partial charge in [0.1, 0.15) is 25.6 Å². The molecule has 1 fully saturated rings. The molecule has 0 radical (unpaired) electrons. The smallest absolute Gasteiger partial charge is 0.343 e. The second kappa shape index (κ2) is 14.1. The summed E-state index contributed by atoms with van der Waals surface area (Å²) in [7, 11) is 3.63. The number of fused-ring (bicyclic) bond motifs is 1. The number of benzene rings is 1. The summed E-state index contributed by atoms with van der Waals surface area (Å²) in [5.41, 5.74) is 7.38. The number of rotatable bonds is 8. The van der Waals surface area contributed by atoms with E-state index >= 15 is 0 Å². The molecule has 0 spiro atoms. The normalized spacial score (nSPS) is 20.5. The van der Waals surface area contributed by atoms with Gasteiger partial charge in [-0.25, -0.2) is 4.79 Å². The van der Waals surface area contributed by atoms with Crippen LogP contribution in [-0.2, 0) is 20.9 Å². The number of halogens is 4. The fraction of sp³-hybridized carbons (Fsp3) is 0.444. The number of ether oxygens (including phenoxy) is 1. The largest absolute Gasteiger partial charge is 0.480 e. The predicted octanol–water partition coefficient (Wildman–Crippen LogP) is 5.39. The summed E-state index contributed by atoms with van der Waals surface area (Å²) in [5, 5.41) is 0.919. The molecule has 2 aliphatic heterocycles. The van der Waals surface area contributed by atoms with E-state index in [1.54, 1.807) is 37.5 Å². The minimum atomic E-state index is -0.303. The van der Waals surface area contributed by atoms with Gasteiger partial charge in [-0.1, -0.05) is 48.5 Å². The van der Waals surface area contributed by atoms with Crippen molar-refractivity contribution in [2.24, 2.45) is 10.7 Å². The number of amidine groups is 1. The number of carbonyl (C=O) groups is 2. The molecular formula is C27H36Cl4N5O3+. The number of nitrogens with two attached hydrogens (primary N) is 1. The van der Waals surface area contributed by atoms with Gasteiger partial charge >= 0.3 is 5.91 Å². The molecule has 4 rings (SSSR count). The first kappa shape index (κ1) is 33.3. The highest BCUT2D eigenvalue weighted by Crippen LogP contribution is 2.36. The van der Waals surface area contributed by atoms with Crippen molar-refractivity contribution in [3.63, 3.8) is 0 Å². The number of quaternary nitrogens is 1. The Morgan fingerprint density at radius 1 is 1.13 bits per heavy atom. The summed E-state index contributed by atoms with van der Waals surface area (Å²) in [6.07, 6.45) is 11.1. The average Bonchev–Trinajstić information content (AvgIpc) is 3.25. The summed E-state index contributed by atoms with van der Waals surface area (Å²) in [6, 6.07) is 5.61. The summed E-state index contributed by atoms with van der Waals surface area (Å²) >= 11 is 12.8. The molecule has 214 valence electrons. The molecule has 1 aromatic rings. The monoisotopic (exact) mass is 618 g/mol. The maximum absolute atomic E-state index is 13.9. The van der Waals surface area contributed by atoms with Crippen LogP contribution in [-0.4, -0.2) is 65.2 Å². The molecule has 1 aromatic carbocycles. The number of aliphatic imine (C=N–C) groups is 1. The number of allylic oxidation sites excluding steroid dienone is 2. The molecule has 0 aromatic heterocycles. The lowest BCUT2D eigenvalue weighted by atomic mass is 9.94. The number of nitrogens with zero attached hydrogens (tertiary/aromatic N) is 4. The molecule has 1 saturated carbocycles. The van der Waals surface area contributed by atoms with Crippen molar-refractivity contribution >= 4 is 65.7 Å². The molecule has 2 heterocycles. The van der Waals surface area contributed by atoms with E-state index in [1.807, 2.05) is 20.2 Å². The summed E-state index contributed by atoms with van der Waals surface area (Å²) in [6.45, 7) is 1.96. The zero-order chi connectivity index (χ0) is 26.7. The lowest BCUT2D eigenvalue weighted by molar-refractivity contribution is -0.646. The number of hydrogen-bond acceptors (Lipinski definition) is 6. The van der Waals surface area contributed by atoms with E-state index in [0.29, 0.717) is 44.6 Å². The standard InChI is InChI=1S/C27H34Cl2N5O3.2ClH/c1-18-16-34(25(36)15-32(2)19-8-5-4-6-9-19)13-12-23(33(3)24(35)14-30)26(27(34)31-18)37-17-20-21(28)10-7-11-22(20)29;;/h7,10-13,16,19H,4-6,8-9,14-15,17,30H2,1-3H3;2*1H/q+1;;. The SMILES string of the molecule is CC1=C[N+]2(C(=O)CN(C)C3CCCCC3)C=CC(N(C)C(=O)CN)=C(OCc3c(Cl)cccc3Cl)C2=N1.Cl.Cl. The molecule has 1 aliphatic carbocycles. The van der Waals surface area contributed by atoms with Gasteiger partial charge in [-0.15, -0.1) is 24.8 Å². The van der Waals surface area contributed by atoms with Gasteiger partial charge in [0.05, 0.1) is 17.9 Å². The third-order valence-electron chi connectivity index (χ3n) is 7.25. The first-order chi connectivity index (χ1) is 17.7. The highest BCUT2D eigenvalue weighted by molar-refractivity contribution is 6.35. The molecule has 8 nitrogen and oxygen atoms in total. The van der Waals surface area contributed by atoms with Crippen LogP contribution in [0.25, 0.3) is 0 Å². The second-order valence-electron chi connectivity index (χ2n) is 9.76. The van der Waals surface area contributed by atoms with Crippen LogP contribution in [0.1, 0.15) is 44.6 Å². The van der Waals surface area contributed by atoms with Crippen molar-refractivity contribution < 1.29 is 18.8 Å². The van der Waals surface area contributed by atoms with Gasteiger partial charge in [-0.2, -0.15) is 9.48 Å². The van der Waals surface area contributed by atoms with E-state index in [9.17, 15) is 9.59 Å². The Morgan fingerprint density at radius 2 is 1.77 bits per heavy atom. The van der Waals surface area contributed by atoms with E-state index < -0.39 is 0 Å². The molecular weight excluding hydrogens is 584 g/mol. The van der Waals surface area contributed by atoms with Crippen LogP contribution in [0.2, 0.25) is 10.0 Å². The molecule has 39 heavy (non-hydrogen) atoms. The van der Waals surface area contributed by atoms with Crippen LogP contribution < -0.4 is 5.73 Å². The molecule has 12 heteroatoms. The number of likely N-dealkylation sites (N-methyl/N-ethyl adjacent to an activating group) is 2. The van der Waals surface area contributed by atoms with Gasteiger partial charge in [0.15, 0.2) is 0 Å². The predicted molar refractivity (Wildman–Crippen MR) is 160 cm³/mol. The lowest BCUT2D eigenvalue weighted by Crippen LogP contribution is -2.54. The topological polar surface area (TPSA) is 88.2 Å². The Bertz CT molecular complexity index is 1190. The Morgan fingerprint density at radius 3 is 2.38 bits per heavy atom. The average molecular weight is 620 g/mol. The molecule has 3 aliphatic rings. The van der Waals surface area contributed by atoms with Crippen LogP contribution in [0.5, 0.6) is 0 Å². The minimum absolute atomic E-state index is 0. The summed E-state index contributed by atoms with van der Waals surface area (Å²) in [4.78, 5) is 34.7. The fourth-order valence-electron chi connectivity index (χ4n) is 5.09. The zero-order valence-electron chi connectivity index (χ0n) is 22.4. The van der Waals surface area contributed by atoms with Crippen LogP contribution >= 0.6 is 48.0 Å². The minimum Gasteiger partial charge on any atom is -0.480 e. The first-order valence-corrected chi connectivity index (χ1v) is 13.3. The molecule has 2 N–H and O–H groups in total. The van der Waals surface area contributed by atoms with Gasteiger partial charge in [0, 0.05) is 34.8 Å². The van der Waals surface area contributed by atoms with Crippen LogP contribution in [0.15, 0.2) is 58.8 Å². The van der Waals surface area contributed by atoms with Gasteiger partial charge in [0.2, 0.25) is 11.7 Å².